The van der Waals surface area contributed by atoms with Crippen LogP contribution in [0.5, 0.6) is 0 Å². The van der Waals surface area contributed by atoms with E-state index in [0.717, 1.165) is 6.54 Å². The fourth-order valence-corrected chi connectivity index (χ4v) is 0.779. The molecule has 0 aliphatic rings. The van der Waals surface area contributed by atoms with Crippen LogP contribution in [0.25, 0.3) is 0 Å². The predicted molar refractivity (Wildman–Crippen MR) is 44.8 cm³/mol. The maximum Gasteiger partial charge on any atom is 0.269 e. The molecule has 0 atom stereocenters. The summed E-state index contributed by atoms with van der Waals surface area (Å²) in [4.78, 5) is 11.2. The first kappa shape index (κ1) is 8.73. The van der Waals surface area contributed by atoms with Gasteiger partial charge in [0.2, 0.25) is 0 Å². The normalized spacial score (nSPS) is 9.75. The lowest BCUT2D eigenvalue weighted by Gasteiger charge is -2.01. The molecule has 1 rings (SSSR count). The van der Waals surface area contributed by atoms with Crippen molar-refractivity contribution < 1.29 is 4.79 Å². The number of hydrogen-bond donors (Lipinski definition) is 3. The Bertz CT molecular complexity index is 232. The SMILES string of the molecule is CNCCNC(=O)c1ccn[nH]1. The van der Waals surface area contributed by atoms with E-state index in [2.05, 4.69) is 20.8 Å². The van der Waals surface area contributed by atoms with Crippen molar-refractivity contribution in [3.8, 4) is 0 Å². The zero-order valence-electron chi connectivity index (χ0n) is 6.92. The van der Waals surface area contributed by atoms with Gasteiger partial charge in [-0.3, -0.25) is 9.89 Å². The van der Waals surface area contributed by atoms with Gasteiger partial charge in [0.15, 0.2) is 0 Å². The molecule has 5 nitrogen and oxygen atoms in total. The topological polar surface area (TPSA) is 69.8 Å². The number of aromatic nitrogens is 2. The molecule has 0 aromatic carbocycles. The van der Waals surface area contributed by atoms with E-state index in [1.165, 1.54) is 0 Å². The van der Waals surface area contributed by atoms with E-state index in [1.807, 2.05) is 7.05 Å². The number of hydrogen-bond acceptors (Lipinski definition) is 3. The number of nitrogens with zero attached hydrogens (tertiary/aromatic N) is 1. The maximum absolute atomic E-state index is 11.2. The predicted octanol–water partition coefficient (Wildman–Crippen LogP) is -0.641. The van der Waals surface area contributed by atoms with Gasteiger partial charge < -0.3 is 10.6 Å². The van der Waals surface area contributed by atoms with Crippen LogP contribution < -0.4 is 10.6 Å². The van der Waals surface area contributed by atoms with Gasteiger partial charge in [-0.1, -0.05) is 0 Å². The number of nitrogens with one attached hydrogen (secondary N) is 3. The number of likely N-dealkylation sites (N-methyl/N-ethyl adjacent to an activating group) is 1. The molecule has 5 heteroatoms. The molecule has 0 fully saturated rings. The highest BCUT2D eigenvalue weighted by Crippen LogP contribution is 1.89. The minimum atomic E-state index is -0.122. The molecule has 1 aromatic heterocycles. The Kier molecular flexibility index (Phi) is 3.28. The van der Waals surface area contributed by atoms with Gasteiger partial charge >= 0.3 is 0 Å². The molecule has 1 aromatic rings. The molecule has 0 saturated carbocycles. The summed E-state index contributed by atoms with van der Waals surface area (Å²) in [6, 6.07) is 1.63. The number of H-pyrrole nitrogens is 1. The number of carbonyl (C=O) groups excluding carboxylic acids is 1. The lowest BCUT2D eigenvalue weighted by atomic mass is 10.4. The molecule has 0 saturated heterocycles. The van der Waals surface area contributed by atoms with Crippen LogP contribution in [0.15, 0.2) is 12.3 Å². The van der Waals surface area contributed by atoms with Crippen molar-refractivity contribution in [2.75, 3.05) is 20.1 Å². The molecule has 1 heterocycles. The van der Waals surface area contributed by atoms with Gasteiger partial charge in [-0.25, -0.2) is 0 Å². The summed E-state index contributed by atoms with van der Waals surface area (Å²) in [5, 5.41) is 11.9. The highest BCUT2D eigenvalue weighted by atomic mass is 16.1. The number of aromatic amines is 1. The Hall–Kier alpha value is -1.36. The molecule has 12 heavy (non-hydrogen) atoms. The van der Waals surface area contributed by atoms with E-state index in [0.29, 0.717) is 12.2 Å². The van der Waals surface area contributed by atoms with E-state index >= 15 is 0 Å². The molecular formula is C7H12N4O. The molecule has 1 amide bonds. The van der Waals surface area contributed by atoms with E-state index in [1.54, 1.807) is 12.3 Å². The fourth-order valence-electron chi connectivity index (χ4n) is 0.779. The number of carbonyl (C=O) groups is 1. The Labute approximate surface area is 70.5 Å². The van der Waals surface area contributed by atoms with Crippen molar-refractivity contribution in [1.82, 2.24) is 20.8 Å². The van der Waals surface area contributed by atoms with E-state index in [9.17, 15) is 4.79 Å². The standard InChI is InChI=1S/C7H12N4O/c1-8-4-5-9-7(12)6-2-3-10-11-6/h2-3,8H,4-5H2,1H3,(H,9,12)(H,10,11). The van der Waals surface area contributed by atoms with Crippen molar-refractivity contribution in [1.29, 1.82) is 0 Å². The molecule has 0 unspecified atom stereocenters. The number of rotatable bonds is 4. The third-order valence-electron chi connectivity index (χ3n) is 1.41. The van der Waals surface area contributed by atoms with Gasteiger partial charge in [0.25, 0.3) is 5.91 Å². The second kappa shape index (κ2) is 4.50. The Morgan fingerprint density at radius 3 is 3.08 bits per heavy atom. The van der Waals surface area contributed by atoms with Gasteiger partial charge in [-0.15, -0.1) is 0 Å². The van der Waals surface area contributed by atoms with Crippen LogP contribution in [-0.2, 0) is 0 Å². The zero-order valence-corrected chi connectivity index (χ0v) is 6.92. The van der Waals surface area contributed by atoms with Gasteiger partial charge in [0, 0.05) is 19.3 Å². The summed E-state index contributed by atoms with van der Waals surface area (Å²) >= 11 is 0. The Balaban J connectivity index is 2.30. The fraction of sp³-hybridized carbons (Fsp3) is 0.429. The van der Waals surface area contributed by atoms with Crippen molar-refractivity contribution in [2.45, 2.75) is 0 Å². The highest BCUT2D eigenvalue weighted by molar-refractivity contribution is 5.92. The van der Waals surface area contributed by atoms with E-state index in [4.69, 9.17) is 0 Å². The van der Waals surface area contributed by atoms with Crippen molar-refractivity contribution in [3.05, 3.63) is 18.0 Å². The third-order valence-corrected chi connectivity index (χ3v) is 1.41. The van der Waals surface area contributed by atoms with Crippen LogP contribution in [0.4, 0.5) is 0 Å². The van der Waals surface area contributed by atoms with Crippen molar-refractivity contribution >= 4 is 5.91 Å². The first-order valence-corrected chi connectivity index (χ1v) is 3.77. The molecule has 0 aliphatic carbocycles. The summed E-state index contributed by atoms with van der Waals surface area (Å²) in [6.45, 7) is 1.38. The van der Waals surface area contributed by atoms with E-state index < -0.39 is 0 Å². The summed E-state index contributed by atoms with van der Waals surface area (Å²) < 4.78 is 0. The average molecular weight is 168 g/mol. The summed E-state index contributed by atoms with van der Waals surface area (Å²) in [6.07, 6.45) is 1.55. The Morgan fingerprint density at radius 1 is 1.67 bits per heavy atom. The summed E-state index contributed by atoms with van der Waals surface area (Å²) in [5.74, 6) is -0.122. The van der Waals surface area contributed by atoms with Gasteiger partial charge in [0.1, 0.15) is 5.69 Å². The summed E-state index contributed by atoms with van der Waals surface area (Å²) in [5.41, 5.74) is 0.492. The molecule has 66 valence electrons. The molecule has 0 bridgehead atoms. The van der Waals surface area contributed by atoms with Gasteiger partial charge in [-0.05, 0) is 13.1 Å². The third kappa shape index (κ3) is 2.35. The van der Waals surface area contributed by atoms with Crippen LogP contribution in [0.3, 0.4) is 0 Å². The van der Waals surface area contributed by atoms with Gasteiger partial charge in [0.05, 0.1) is 0 Å². The quantitative estimate of drug-likeness (QED) is 0.524. The largest absolute Gasteiger partial charge is 0.349 e. The van der Waals surface area contributed by atoms with Gasteiger partial charge in [-0.2, -0.15) is 5.10 Å². The highest BCUT2D eigenvalue weighted by Gasteiger charge is 2.03. The van der Waals surface area contributed by atoms with Crippen LogP contribution in [-0.4, -0.2) is 36.2 Å². The first-order chi connectivity index (χ1) is 5.84. The second-order valence-electron chi connectivity index (χ2n) is 2.33. The average Bonchev–Trinajstić information content (AvgIpc) is 2.56. The molecule has 3 N–H and O–H groups in total. The number of amides is 1. The van der Waals surface area contributed by atoms with Crippen LogP contribution in [0.1, 0.15) is 10.5 Å². The maximum atomic E-state index is 11.2. The molecular weight excluding hydrogens is 156 g/mol. The van der Waals surface area contributed by atoms with Crippen molar-refractivity contribution in [3.63, 3.8) is 0 Å². The van der Waals surface area contributed by atoms with Crippen LogP contribution >= 0.6 is 0 Å². The lowest BCUT2D eigenvalue weighted by molar-refractivity contribution is 0.0949. The minimum absolute atomic E-state index is 0.122. The molecule has 0 spiro atoms. The molecule has 0 aliphatic heterocycles. The smallest absolute Gasteiger partial charge is 0.269 e. The van der Waals surface area contributed by atoms with E-state index in [-0.39, 0.29) is 5.91 Å². The van der Waals surface area contributed by atoms with Crippen LogP contribution in [0.2, 0.25) is 0 Å². The molecule has 0 radical (unpaired) electrons. The van der Waals surface area contributed by atoms with Crippen LogP contribution in [0, 0.1) is 0 Å². The minimum Gasteiger partial charge on any atom is -0.349 e. The Morgan fingerprint density at radius 2 is 2.50 bits per heavy atom. The zero-order chi connectivity index (χ0) is 8.81. The van der Waals surface area contributed by atoms with Crippen molar-refractivity contribution in [2.24, 2.45) is 0 Å². The summed E-state index contributed by atoms with van der Waals surface area (Å²) in [7, 11) is 1.84. The lowest BCUT2D eigenvalue weighted by Crippen LogP contribution is -2.30. The second-order valence-corrected chi connectivity index (χ2v) is 2.33. The monoisotopic (exact) mass is 168 g/mol. The first-order valence-electron chi connectivity index (χ1n) is 3.77.